The Hall–Kier alpha value is -0.960. The molecule has 0 fully saturated rings. The Morgan fingerprint density at radius 1 is 1.19 bits per heavy atom. The van der Waals surface area contributed by atoms with Crippen LogP contribution in [0.3, 0.4) is 0 Å². The molecular weight excluding hydrogens is 459 g/mol. The molecule has 0 unspecified atom stereocenters. The summed E-state index contributed by atoms with van der Waals surface area (Å²) in [7, 11) is 1.77. The molecular formula is C19H33IN4OS. The van der Waals surface area contributed by atoms with Crippen LogP contribution in [0.5, 0.6) is 0 Å². The van der Waals surface area contributed by atoms with E-state index >= 15 is 0 Å². The molecule has 1 rings (SSSR count). The summed E-state index contributed by atoms with van der Waals surface area (Å²) >= 11 is 1.87. The van der Waals surface area contributed by atoms with Gasteiger partial charge in [0.2, 0.25) is 0 Å². The van der Waals surface area contributed by atoms with Gasteiger partial charge in [0.05, 0.1) is 0 Å². The van der Waals surface area contributed by atoms with E-state index in [1.807, 2.05) is 56.8 Å². The van der Waals surface area contributed by atoms with Crippen LogP contribution in [-0.2, 0) is 6.54 Å². The summed E-state index contributed by atoms with van der Waals surface area (Å²) in [4.78, 5) is 16.5. The summed E-state index contributed by atoms with van der Waals surface area (Å²) < 4.78 is 0. The first-order chi connectivity index (χ1) is 11.9. The molecule has 7 heteroatoms. The molecule has 0 radical (unpaired) electrons. The molecule has 0 aliphatic heterocycles. The lowest BCUT2D eigenvalue weighted by Crippen LogP contribution is -2.40. The van der Waals surface area contributed by atoms with Crippen LogP contribution in [0.4, 0.5) is 0 Å². The van der Waals surface area contributed by atoms with Crippen LogP contribution < -0.4 is 16.0 Å². The number of carbonyl (C=O) groups is 1. The highest BCUT2D eigenvalue weighted by molar-refractivity contribution is 14.0. The minimum Gasteiger partial charge on any atom is -0.356 e. The number of hydrogen-bond acceptors (Lipinski definition) is 3. The molecule has 1 aromatic rings. The molecule has 0 saturated carbocycles. The van der Waals surface area contributed by atoms with E-state index in [2.05, 4.69) is 27.2 Å². The first-order valence-corrected chi connectivity index (χ1v) is 10.1. The number of unbranched alkanes of at least 4 members (excludes halogenated alkanes) is 1. The van der Waals surface area contributed by atoms with Gasteiger partial charge >= 0.3 is 0 Å². The van der Waals surface area contributed by atoms with E-state index in [1.54, 1.807) is 7.05 Å². The third kappa shape index (κ3) is 10.9. The number of amides is 1. The van der Waals surface area contributed by atoms with Gasteiger partial charge in [-0.15, -0.1) is 24.0 Å². The molecule has 148 valence electrons. The molecule has 1 aromatic carbocycles. The van der Waals surface area contributed by atoms with Crippen LogP contribution in [0.1, 0.15) is 49.5 Å². The molecule has 0 spiro atoms. The summed E-state index contributed by atoms with van der Waals surface area (Å²) in [5.74, 6) is 1.93. The summed E-state index contributed by atoms with van der Waals surface area (Å²) in [6.07, 6.45) is 4.46. The number of hydrogen-bond donors (Lipinski definition) is 3. The largest absolute Gasteiger partial charge is 0.356 e. The second kappa shape index (κ2) is 13.2. The summed E-state index contributed by atoms with van der Waals surface area (Å²) in [5.41, 5.74) is 1.48. The number of benzene rings is 1. The van der Waals surface area contributed by atoms with Gasteiger partial charge in [-0.25, -0.2) is 0 Å². The molecule has 0 atom stereocenters. The number of halogens is 1. The van der Waals surface area contributed by atoms with E-state index in [0.29, 0.717) is 12.1 Å². The third-order valence-electron chi connectivity index (χ3n) is 3.43. The van der Waals surface area contributed by atoms with Crippen molar-refractivity contribution in [2.45, 2.75) is 45.7 Å². The van der Waals surface area contributed by atoms with E-state index in [0.717, 1.165) is 24.5 Å². The normalized spacial score (nSPS) is 11.5. The number of thioether (sulfide) groups is 1. The quantitative estimate of drug-likeness (QED) is 0.225. The Labute approximate surface area is 179 Å². The minimum absolute atomic E-state index is 0. The number of aliphatic imine (C=N–C) groups is 1. The fourth-order valence-corrected chi connectivity index (χ4v) is 2.71. The van der Waals surface area contributed by atoms with Gasteiger partial charge in [0.1, 0.15) is 0 Å². The maximum atomic E-state index is 12.3. The molecule has 0 aromatic heterocycles. The molecule has 0 aliphatic carbocycles. The zero-order valence-corrected chi connectivity index (χ0v) is 19.7. The molecule has 26 heavy (non-hydrogen) atoms. The minimum atomic E-state index is -0.242. The van der Waals surface area contributed by atoms with Gasteiger partial charge < -0.3 is 16.0 Å². The summed E-state index contributed by atoms with van der Waals surface area (Å²) in [5, 5.41) is 9.60. The molecule has 3 N–H and O–H groups in total. The molecule has 1 amide bonds. The highest BCUT2D eigenvalue weighted by Gasteiger charge is 2.15. The number of guanidine groups is 1. The monoisotopic (exact) mass is 492 g/mol. The first kappa shape index (κ1) is 25.0. The van der Waals surface area contributed by atoms with E-state index in [4.69, 9.17) is 0 Å². The Morgan fingerprint density at radius 3 is 2.54 bits per heavy atom. The van der Waals surface area contributed by atoms with Crippen LogP contribution in [-0.4, -0.2) is 43.0 Å². The van der Waals surface area contributed by atoms with Crippen LogP contribution in [0, 0.1) is 0 Å². The van der Waals surface area contributed by atoms with Crippen molar-refractivity contribution in [3.05, 3.63) is 35.4 Å². The summed E-state index contributed by atoms with van der Waals surface area (Å²) in [6.45, 7) is 7.47. The van der Waals surface area contributed by atoms with Crippen molar-refractivity contribution in [2.24, 2.45) is 4.99 Å². The van der Waals surface area contributed by atoms with Gasteiger partial charge in [-0.3, -0.25) is 9.79 Å². The van der Waals surface area contributed by atoms with Crippen molar-refractivity contribution in [2.75, 3.05) is 25.6 Å². The number of rotatable bonds is 8. The smallest absolute Gasteiger partial charge is 0.251 e. The van der Waals surface area contributed by atoms with Crippen molar-refractivity contribution in [3.8, 4) is 0 Å². The third-order valence-corrected chi connectivity index (χ3v) is 4.13. The highest BCUT2D eigenvalue weighted by Crippen LogP contribution is 2.08. The van der Waals surface area contributed by atoms with Gasteiger partial charge in [-0.1, -0.05) is 12.1 Å². The second-order valence-electron chi connectivity index (χ2n) is 6.96. The Morgan fingerprint density at radius 2 is 1.92 bits per heavy atom. The van der Waals surface area contributed by atoms with Crippen LogP contribution in [0.25, 0.3) is 0 Å². The van der Waals surface area contributed by atoms with E-state index in [1.165, 1.54) is 12.2 Å². The number of nitrogens with one attached hydrogen (secondary N) is 3. The average Bonchev–Trinajstić information content (AvgIpc) is 2.56. The van der Waals surface area contributed by atoms with Gasteiger partial charge in [-0.2, -0.15) is 11.8 Å². The summed E-state index contributed by atoms with van der Waals surface area (Å²) in [6, 6.07) is 7.67. The van der Waals surface area contributed by atoms with Crippen molar-refractivity contribution < 1.29 is 4.79 Å². The van der Waals surface area contributed by atoms with Gasteiger partial charge in [0.25, 0.3) is 5.91 Å². The zero-order valence-electron chi connectivity index (χ0n) is 16.5. The average molecular weight is 492 g/mol. The van der Waals surface area contributed by atoms with Gasteiger partial charge in [-0.05, 0) is 63.3 Å². The lowest BCUT2D eigenvalue weighted by Gasteiger charge is -2.20. The Bertz CT molecular complexity index is 573. The van der Waals surface area contributed by atoms with Crippen molar-refractivity contribution in [3.63, 3.8) is 0 Å². The lowest BCUT2D eigenvalue weighted by atomic mass is 10.1. The molecule has 5 nitrogen and oxygen atoms in total. The van der Waals surface area contributed by atoms with E-state index in [9.17, 15) is 4.79 Å². The van der Waals surface area contributed by atoms with Crippen LogP contribution >= 0.6 is 35.7 Å². The fraction of sp³-hybridized carbons (Fsp3) is 0.579. The van der Waals surface area contributed by atoms with Crippen molar-refractivity contribution >= 4 is 47.6 Å². The Kier molecular flexibility index (Phi) is 12.8. The Balaban J connectivity index is 0.00000625. The predicted octanol–water partition coefficient (Wildman–Crippen LogP) is 3.64. The van der Waals surface area contributed by atoms with Gasteiger partial charge in [0.15, 0.2) is 5.96 Å². The van der Waals surface area contributed by atoms with E-state index in [-0.39, 0.29) is 35.4 Å². The first-order valence-electron chi connectivity index (χ1n) is 8.70. The van der Waals surface area contributed by atoms with Gasteiger partial charge in [0, 0.05) is 31.2 Å². The van der Waals surface area contributed by atoms with Crippen molar-refractivity contribution in [1.29, 1.82) is 0 Å². The number of carbonyl (C=O) groups excluding carboxylic acids is 1. The standard InChI is InChI=1S/C19H32N4OS.HI/c1-19(2,3)23-17(24)16-10-8-9-15(13-16)14-22-18(20-4)21-11-6-7-12-25-5;/h8-10,13H,6-7,11-12,14H2,1-5H3,(H,23,24)(H2,20,21,22);1H. The van der Waals surface area contributed by atoms with Crippen molar-refractivity contribution in [1.82, 2.24) is 16.0 Å². The zero-order chi connectivity index (χ0) is 18.7. The number of nitrogens with zero attached hydrogens (tertiary/aromatic N) is 1. The molecule has 0 aliphatic rings. The second-order valence-corrected chi connectivity index (χ2v) is 7.94. The SMILES string of the molecule is CN=C(NCCCCSC)NCc1cccc(C(=O)NC(C)(C)C)c1.I. The molecule has 0 bridgehead atoms. The molecule has 0 saturated heterocycles. The highest BCUT2D eigenvalue weighted by atomic mass is 127. The topological polar surface area (TPSA) is 65.5 Å². The molecule has 0 heterocycles. The van der Waals surface area contributed by atoms with E-state index < -0.39 is 0 Å². The maximum Gasteiger partial charge on any atom is 0.251 e. The maximum absolute atomic E-state index is 12.3. The lowest BCUT2D eigenvalue weighted by molar-refractivity contribution is 0.0919. The van der Waals surface area contributed by atoms with Crippen LogP contribution in [0.2, 0.25) is 0 Å². The fourth-order valence-electron chi connectivity index (χ4n) is 2.22. The van der Waals surface area contributed by atoms with Crippen LogP contribution in [0.15, 0.2) is 29.3 Å². The predicted molar refractivity (Wildman–Crippen MR) is 125 cm³/mol.